The van der Waals surface area contributed by atoms with Gasteiger partial charge in [0.25, 0.3) is 5.91 Å². The highest BCUT2D eigenvalue weighted by molar-refractivity contribution is 5.97. The summed E-state index contributed by atoms with van der Waals surface area (Å²) < 4.78 is 5.57. The second-order valence-electron chi connectivity index (χ2n) is 4.92. The molecule has 19 heavy (non-hydrogen) atoms. The Morgan fingerprint density at radius 1 is 1.53 bits per heavy atom. The van der Waals surface area contributed by atoms with Gasteiger partial charge in [-0.2, -0.15) is 0 Å². The van der Waals surface area contributed by atoms with Crippen LogP contribution in [0.1, 0.15) is 23.7 Å². The van der Waals surface area contributed by atoms with E-state index in [1.807, 2.05) is 30.0 Å². The maximum atomic E-state index is 12.5. The van der Waals surface area contributed by atoms with Crippen molar-refractivity contribution in [1.82, 2.24) is 14.9 Å². The number of aromatic amines is 1. The number of hydrogen-bond acceptors (Lipinski definition) is 3. The summed E-state index contributed by atoms with van der Waals surface area (Å²) in [6, 6.07) is 5.57. The zero-order valence-electron chi connectivity index (χ0n) is 10.9. The van der Waals surface area contributed by atoms with Crippen LogP contribution in [0.25, 0.3) is 11.0 Å². The highest BCUT2D eigenvalue weighted by Gasteiger charge is 2.21. The van der Waals surface area contributed by atoms with Gasteiger partial charge in [-0.15, -0.1) is 0 Å². The summed E-state index contributed by atoms with van der Waals surface area (Å²) in [5, 5.41) is 0. The summed E-state index contributed by atoms with van der Waals surface area (Å²) in [6.07, 6.45) is 2.63. The van der Waals surface area contributed by atoms with Crippen LogP contribution in [-0.4, -0.2) is 46.6 Å². The number of carbonyl (C=O) groups is 1. The number of rotatable bonds is 1. The van der Waals surface area contributed by atoms with Gasteiger partial charge in [0.1, 0.15) is 0 Å². The van der Waals surface area contributed by atoms with Crippen LogP contribution in [-0.2, 0) is 4.74 Å². The van der Waals surface area contributed by atoms with Crippen molar-refractivity contribution < 1.29 is 9.53 Å². The van der Waals surface area contributed by atoms with E-state index in [1.54, 1.807) is 6.33 Å². The van der Waals surface area contributed by atoms with Crippen molar-refractivity contribution in [2.45, 2.75) is 19.4 Å². The monoisotopic (exact) mass is 259 g/mol. The Balaban J connectivity index is 1.85. The number of carbonyl (C=O) groups excluding carboxylic acids is 1. The van der Waals surface area contributed by atoms with Gasteiger partial charge in [0.2, 0.25) is 0 Å². The number of fused-ring (bicyclic) bond motifs is 1. The van der Waals surface area contributed by atoms with Crippen molar-refractivity contribution in [2.24, 2.45) is 0 Å². The number of imidazole rings is 1. The highest BCUT2D eigenvalue weighted by atomic mass is 16.5. The van der Waals surface area contributed by atoms with Gasteiger partial charge in [-0.1, -0.05) is 0 Å². The molecule has 0 saturated carbocycles. The molecule has 1 aliphatic heterocycles. The molecule has 5 heteroatoms. The lowest BCUT2D eigenvalue weighted by Gasteiger charge is -2.22. The Hall–Kier alpha value is -1.88. The van der Waals surface area contributed by atoms with Crippen LogP contribution in [0.15, 0.2) is 24.5 Å². The van der Waals surface area contributed by atoms with E-state index in [0.717, 1.165) is 30.6 Å². The van der Waals surface area contributed by atoms with E-state index in [2.05, 4.69) is 9.97 Å². The molecular formula is C14H17N3O2. The van der Waals surface area contributed by atoms with Crippen molar-refractivity contribution >= 4 is 16.9 Å². The Labute approximate surface area is 111 Å². The van der Waals surface area contributed by atoms with E-state index in [-0.39, 0.29) is 12.0 Å². The van der Waals surface area contributed by atoms with Crippen molar-refractivity contribution in [3.63, 3.8) is 0 Å². The fourth-order valence-electron chi connectivity index (χ4n) is 2.43. The average Bonchev–Trinajstić information content (AvgIpc) is 2.78. The molecule has 1 aliphatic rings. The Morgan fingerprint density at radius 2 is 2.42 bits per heavy atom. The van der Waals surface area contributed by atoms with Gasteiger partial charge >= 0.3 is 0 Å². The first-order valence-corrected chi connectivity index (χ1v) is 6.58. The molecule has 2 aromatic rings. The molecule has 0 bridgehead atoms. The van der Waals surface area contributed by atoms with Gasteiger partial charge in [-0.05, 0) is 31.5 Å². The maximum absolute atomic E-state index is 12.5. The fourth-order valence-corrected chi connectivity index (χ4v) is 2.43. The first kappa shape index (κ1) is 12.2. The van der Waals surface area contributed by atoms with Gasteiger partial charge in [-0.25, -0.2) is 4.98 Å². The number of amides is 1. The summed E-state index contributed by atoms with van der Waals surface area (Å²) >= 11 is 0. The molecule has 1 amide bonds. The quantitative estimate of drug-likeness (QED) is 0.849. The third kappa shape index (κ3) is 2.46. The van der Waals surface area contributed by atoms with E-state index in [9.17, 15) is 4.79 Å². The minimum atomic E-state index is 0.0638. The van der Waals surface area contributed by atoms with Crippen molar-refractivity contribution in [3.8, 4) is 0 Å². The first-order valence-electron chi connectivity index (χ1n) is 6.58. The summed E-state index contributed by atoms with van der Waals surface area (Å²) in [4.78, 5) is 21.6. The van der Waals surface area contributed by atoms with Crippen LogP contribution in [0.2, 0.25) is 0 Å². The van der Waals surface area contributed by atoms with E-state index in [4.69, 9.17) is 4.74 Å². The topological polar surface area (TPSA) is 58.2 Å². The van der Waals surface area contributed by atoms with Crippen molar-refractivity contribution in [2.75, 3.05) is 19.7 Å². The molecule has 1 fully saturated rings. The normalized spacial score (nSPS) is 20.5. The van der Waals surface area contributed by atoms with E-state index < -0.39 is 0 Å². The Bertz CT molecular complexity index is 593. The largest absolute Gasteiger partial charge is 0.377 e. The van der Waals surface area contributed by atoms with Gasteiger partial charge in [0.05, 0.1) is 23.5 Å². The van der Waals surface area contributed by atoms with Crippen LogP contribution < -0.4 is 0 Å². The fraction of sp³-hybridized carbons (Fsp3) is 0.429. The number of ether oxygens (including phenoxy) is 1. The zero-order chi connectivity index (χ0) is 13.2. The molecule has 1 N–H and O–H groups in total. The lowest BCUT2D eigenvalue weighted by Crippen LogP contribution is -2.35. The van der Waals surface area contributed by atoms with Crippen molar-refractivity contribution in [1.29, 1.82) is 0 Å². The van der Waals surface area contributed by atoms with Gasteiger partial charge in [0, 0.05) is 25.3 Å². The molecule has 1 aromatic carbocycles. The predicted octanol–water partition coefficient (Wildman–Crippen LogP) is 1.81. The van der Waals surface area contributed by atoms with E-state index >= 15 is 0 Å². The van der Waals surface area contributed by atoms with Crippen molar-refractivity contribution in [3.05, 3.63) is 30.1 Å². The third-order valence-corrected chi connectivity index (χ3v) is 3.41. The summed E-state index contributed by atoms with van der Waals surface area (Å²) in [5.74, 6) is 0.0638. The van der Waals surface area contributed by atoms with Gasteiger partial charge in [-0.3, -0.25) is 4.79 Å². The number of nitrogens with zero attached hydrogens (tertiary/aromatic N) is 2. The molecule has 1 saturated heterocycles. The van der Waals surface area contributed by atoms with Crippen LogP contribution in [0, 0.1) is 0 Å². The van der Waals surface area contributed by atoms with E-state index in [1.165, 1.54) is 0 Å². The molecule has 5 nitrogen and oxygen atoms in total. The molecule has 0 aliphatic carbocycles. The smallest absolute Gasteiger partial charge is 0.254 e. The molecule has 1 aromatic heterocycles. The molecule has 1 atom stereocenters. The molecule has 3 rings (SSSR count). The molecule has 100 valence electrons. The van der Waals surface area contributed by atoms with Crippen LogP contribution >= 0.6 is 0 Å². The average molecular weight is 259 g/mol. The minimum absolute atomic E-state index is 0.0638. The van der Waals surface area contributed by atoms with Crippen LogP contribution in [0.3, 0.4) is 0 Å². The molecule has 0 spiro atoms. The van der Waals surface area contributed by atoms with Crippen LogP contribution in [0.4, 0.5) is 0 Å². The third-order valence-electron chi connectivity index (χ3n) is 3.41. The van der Waals surface area contributed by atoms with Gasteiger partial charge < -0.3 is 14.6 Å². The molecule has 0 radical (unpaired) electrons. The zero-order valence-corrected chi connectivity index (χ0v) is 10.9. The molecular weight excluding hydrogens is 242 g/mol. The van der Waals surface area contributed by atoms with Gasteiger partial charge in [0.15, 0.2) is 0 Å². The lowest BCUT2D eigenvalue weighted by atomic mass is 10.1. The summed E-state index contributed by atoms with van der Waals surface area (Å²) in [5.41, 5.74) is 2.47. The van der Waals surface area contributed by atoms with E-state index in [0.29, 0.717) is 12.1 Å². The standard InChI is InChI=1S/C14H17N3O2/c1-10-8-17(5-2-6-19-10)14(18)11-3-4-12-13(7-11)16-9-15-12/h3-4,7,9-10H,2,5-6,8H2,1H3,(H,15,16). The predicted molar refractivity (Wildman–Crippen MR) is 72.0 cm³/mol. The number of aromatic nitrogens is 2. The number of nitrogens with one attached hydrogen (secondary N) is 1. The molecule has 1 unspecified atom stereocenters. The lowest BCUT2D eigenvalue weighted by molar-refractivity contribution is 0.0563. The second-order valence-corrected chi connectivity index (χ2v) is 4.92. The minimum Gasteiger partial charge on any atom is -0.377 e. The Morgan fingerprint density at radius 3 is 3.32 bits per heavy atom. The maximum Gasteiger partial charge on any atom is 0.254 e. The Kier molecular flexibility index (Phi) is 3.21. The number of H-pyrrole nitrogens is 1. The highest BCUT2D eigenvalue weighted by Crippen LogP contribution is 2.15. The number of benzene rings is 1. The summed E-state index contributed by atoms with van der Waals surface area (Å²) in [7, 11) is 0. The van der Waals surface area contributed by atoms with Crippen LogP contribution in [0.5, 0.6) is 0 Å². The SMILES string of the molecule is CC1CN(C(=O)c2ccc3nc[nH]c3c2)CCCO1. The second kappa shape index (κ2) is 5.01. The molecule has 2 heterocycles. The summed E-state index contributed by atoms with van der Waals surface area (Å²) in [6.45, 7) is 4.14. The first-order chi connectivity index (χ1) is 9.24. The number of hydrogen-bond donors (Lipinski definition) is 1.